The van der Waals surface area contributed by atoms with Gasteiger partial charge in [0.25, 0.3) is 0 Å². The number of ether oxygens (including phenoxy) is 2. The third-order valence-corrected chi connectivity index (χ3v) is 3.66. The molecule has 0 fully saturated rings. The van der Waals surface area contributed by atoms with Crippen LogP contribution < -0.4 is 4.74 Å². The largest absolute Gasteiger partial charge is 0.493 e. The van der Waals surface area contributed by atoms with E-state index in [0.717, 1.165) is 27.2 Å². The quantitative estimate of drug-likeness (QED) is 0.752. The van der Waals surface area contributed by atoms with Gasteiger partial charge in [-0.1, -0.05) is 15.9 Å². The smallest absolute Gasteiger partial charge is 0.130 e. The van der Waals surface area contributed by atoms with Crippen LogP contribution in [0.3, 0.4) is 0 Å². The van der Waals surface area contributed by atoms with Crippen LogP contribution in [-0.4, -0.2) is 25.3 Å². The third-order valence-electron chi connectivity index (χ3n) is 2.36. The highest BCUT2D eigenvalue weighted by Gasteiger charge is 2.09. The van der Waals surface area contributed by atoms with E-state index in [1.807, 2.05) is 23.6 Å². The molecule has 0 aliphatic heterocycles. The zero-order valence-electron chi connectivity index (χ0n) is 10.1. The third kappa shape index (κ3) is 3.54. The summed E-state index contributed by atoms with van der Waals surface area (Å²) in [6.45, 7) is 1.35. The Morgan fingerprint density at radius 3 is 2.94 bits per heavy atom. The maximum absolute atomic E-state index is 5.80. The Morgan fingerprint density at radius 1 is 1.33 bits per heavy atom. The molecule has 2 rings (SSSR count). The van der Waals surface area contributed by atoms with Crippen molar-refractivity contribution in [1.82, 2.24) is 4.98 Å². The Kier molecular flexibility index (Phi) is 5.16. The molecule has 0 spiro atoms. The van der Waals surface area contributed by atoms with Gasteiger partial charge in [-0.25, -0.2) is 4.98 Å². The summed E-state index contributed by atoms with van der Waals surface area (Å²) in [6.07, 6.45) is 2.68. The number of thiazole rings is 1. The molecule has 0 radical (unpaired) electrons. The molecule has 0 unspecified atom stereocenters. The molecule has 96 valence electrons. The first-order chi connectivity index (χ1) is 8.81. The van der Waals surface area contributed by atoms with Gasteiger partial charge in [0.2, 0.25) is 0 Å². The van der Waals surface area contributed by atoms with Crippen LogP contribution in [0.5, 0.6) is 5.75 Å². The van der Waals surface area contributed by atoms with Gasteiger partial charge in [0, 0.05) is 36.2 Å². The van der Waals surface area contributed by atoms with Crippen molar-refractivity contribution in [3.63, 3.8) is 0 Å². The first-order valence-corrected chi connectivity index (χ1v) is 7.29. The van der Waals surface area contributed by atoms with Gasteiger partial charge in [-0.15, -0.1) is 11.3 Å². The minimum Gasteiger partial charge on any atom is -0.493 e. The van der Waals surface area contributed by atoms with Gasteiger partial charge < -0.3 is 9.47 Å². The fourth-order valence-corrected chi connectivity index (χ4v) is 2.54. The summed E-state index contributed by atoms with van der Waals surface area (Å²) in [7, 11) is 1.69. The second-order valence-corrected chi connectivity index (χ2v) is 5.48. The number of nitrogens with zero attached hydrogens (tertiary/aromatic N) is 1. The van der Waals surface area contributed by atoms with Crippen LogP contribution >= 0.6 is 27.3 Å². The number of rotatable bonds is 6. The van der Waals surface area contributed by atoms with E-state index in [1.165, 1.54) is 0 Å². The lowest BCUT2D eigenvalue weighted by atomic mass is 10.2. The van der Waals surface area contributed by atoms with E-state index >= 15 is 0 Å². The molecule has 0 saturated heterocycles. The summed E-state index contributed by atoms with van der Waals surface area (Å²) in [5.41, 5.74) is 1.03. The van der Waals surface area contributed by atoms with Crippen molar-refractivity contribution in [3.8, 4) is 16.3 Å². The number of hydrogen-bond acceptors (Lipinski definition) is 4. The van der Waals surface area contributed by atoms with Crippen LogP contribution in [0.2, 0.25) is 0 Å². The number of methoxy groups -OCH3 is 1. The number of aromatic nitrogens is 1. The molecule has 2 aromatic rings. The number of benzene rings is 1. The maximum Gasteiger partial charge on any atom is 0.130 e. The molecule has 0 amide bonds. The highest BCUT2D eigenvalue weighted by molar-refractivity contribution is 9.10. The van der Waals surface area contributed by atoms with Crippen molar-refractivity contribution in [2.75, 3.05) is 20.3 Å². The fraction of sp³-hybridized carbons (Fsp3) is 0.308. The summed E-state index contributed by atoms with van der Waals surface area (Å²) in [5.74, 6) is 0.857. The Labute approximate surface area is 119 Å². The zero-order chi connectivity index (χ0) is 12.8. The summed E-state index contributed by atoms with van der Waals surface area (Å²) < 4.78 is 11.8. The number of halogens is 1. The fourth-order valence-electron chi connectivity index (χ4n) is 1.53. The van der Waals surface area contributed by atoms with Crippen LogP contribution in [0.15, 0.2) is 34.2 Å². The van der Waals surface area contributed by atoms with E-state index in [9.17, 15) is 0 Å². The molecule has 0 atom stereocenters. The molecule has 0 N–H and O–H groups in total. The van der Waals surface area contributed by atoms with Crippen LogP contribution in [0, 0.1) is 0 Å². The van der Waals surface area contributed by atoms with Gasteiger partial charge in [-0.05, 0) is 18.2 Å². The van der Waals surface area contributed by atoms with Crippen LogP contribution in [0.1, 0.15) is 6.42 Å². The average molecular weight is 328 g/mol. The Morgan fingerprint density at radius 2 is 2.22 bits per heavy atom. The zero-order valence-corrected chi connectivity index (χ0v) is 12.5. The lowest BCUT2D eigenvalue weighted by Gasteiger charge is -2.10. The molecule has 0 saturated carbocycles. The van der Waals surface area contributed by atoms with Crippen molar-refractivity contribution in [1.29, 1.82) is 0 Å². The minimum atomic E-state index is 0.642. The maximum atomic E-state index is 5.80. The normalized spacial score (nSPS) is 10.6. The molecule has 1 aromatic carbocycles. The first-order valence-electron chi connectivity index (χ1n) is 5.62. The van der Waals surface area contributed by atoms with Gasteiger partial charge in [0.05, 0.1) is 12.2 Å². The van der Waals surface area contributed by atoms with Crippen LogP contribution in [-0.2, 0) is 4.74 Å². The Bertz CT molecular complexity index is 488. The molecule has 3 nitrogen and oxygen atoms in total. The van der Waals surface area contributed by atoms with E-state index in [-0.39, 0.29) is 0 Å². The van der Waals surface area contributed by atoms with Gasteiger partial charge in [-0.2, -0.15) is 0 Å². The van der Waals surface area contributed by atoms with Gasteiger partial charge in [-0.3, -0.25) is 0 Å². The van der Waals surface area contributed by atoms with Crippen molar-refractivity contribution in [2.24, 2.45) is 0 Å². The Hall–Kier alpha value is -0.910. The highest BCUT2D eigenvalue weighted by Crippen LogP contribution is 2.33. The predicted molar refractivity (Wildman–Crippen MR) is 77.2 cm³/mol. The lowest BCUT2D eigenvalue weighted by molar-refractivity contribution is 0.172. The molecule has 0 aliphatic rings. The standard InChI is InChI=1S/C13H14BrNO2S/c1-16-6-2-7-17-12-9-10(14)3-4-11(12)13-15-5-8-18-13/h3-5,8-9H,2,6-7H2,1H3. The molecular weight excluding hydrogens is 314 g/mol. The first kappa shape index (κ1) is 13.5. The van der Waals surface area contributed by atoms with Crippen molar-refractivity contribution < 1.29 is 9.47 Å². The van der Waals surface area contributed by atoms with E-state index in [2.05, 4.69) is 20.9 Å². The predicted octanol–water partition coefficient (Wildman–Crippen LogP) is 3.99. The molecule has 0 bridgehead atoms. The van der Waals surface area contributed by atoms with Gasteiger partial charge >= 0.3 is 0 Å². The molecular formula is C13H14BrNO2S. The molecule has 5 heteroatoms. The topological polar surface area (TPSA) is 31.4 Å². The summed E-state index contributed by atoms with van der Waals surface area (Å²) in [5, 5.41) is 2.94. The van der Waals surface area contributed by atoms with Crippen molar-refractivity contribution in [2.45, 2.75) is 6.42 Å². The molecule has 0 aliphatic carbocycles. The van der Waals surface area contributed by atoms with Gasteiger partial charge in [0.1, 0.15) is 10.8 Å². The second-order valence-electron chi connectivity index (χ2n) is 3.67. The lowest BCUT2D eigenvalue weighted by Crippen LogP contribution is -2.02. The van der Waals surface area contributed by atoms with Crippen molar-refractivity contribution >= 4 is 27.3 Å². The van der Waals surface area contributed by atoms with E-state index in [0.29, 0.717) is 13.2 Å². The number of hydrogen-bond donors (Lipinski definition) is 0. The SMILES string of the molecule is COCCCOc1cc(Br)ccc1-c1nccs1. The van der Waals surface area contributed by atoms with Crippen LogP contribution in [0.25, 0.3) is 10.6 Å². The Balaban J connectivity index is 2.14. The van der Waals surface area contributed by atoms with E-state index in [1.54, 1.807) is 24.6 Å². The van der Waals surface area contributed by atoms with Crippen LogP contribution in [0.4, 0.5) is 0 Å². The van der Waals surface area contributed by atoms with Gasteiger partial charge in [0.15, 0.2) is 0 Å². The molecule has 1 heterocycles. The molecule has 18 heavy (non-hydrogen) atoms. The monoisotopic (exact) mass is 327 g/mol. The van der Waals surface area contributed by atoms with E-state index < -0.39 is 0 Å². The average Bonchev–Trinajstić information content (AvgIpc) is 2.88. The van der Waals surface area contributed by atoms with Crippen molar-refractivity contribution in [3.05, 3.63) is 34.2 Å². The summed E-state index contributed by atoms with van der Waals surface area (Å²) in [4.78, 5) is 4.32. The minimum absolute atomic E-state index is 0.642. The molecule has 1 aromatic heterocycles. The summed E-state index contributed by atoms with van der Waals surface area (Å²) in [6, 6.07) is 6.00. The second kappa shape index (κ2) is 6.87. The van der Waals surface area contributed by atoms with E-state index in [4.69, 9.17) is 9.47 Å². The highest BCUT2D eigenvalue weighted by atomic mass is 79.9. The summed E-state index contributed by atoms with van der Waals surface area (Å²) >= 11 is 5.07.